The van der Waals surface area contributed by atoms with Gasteiger partial charge in [-0.25, -0.2) is 9.79 Å². The topological polar surface area (TPSA) is 101 Å². The number of carbonyl (C=O) groups is 2. The van der Waals surface area contributed by atoms with Gasteiger partial charge in [-0.05, 0) is 90.9 Å². The SMILES string of the molecule is O=C(O)c1ccc(COc2ccc(C=Nc3sc4c(c3C(=O)NCc3ccco3)CCCC4)cc2)cc1. The monoisotopic (exact) mass is 514 g/mol. The molecule has 0 saturated carbocycles. The quantitative estimate of drug-likeness (QED) is 0.260. The van der Waals surface area contributed by atoms with Crippen LogP contribution in [0.25, 0.3) is 0 Å². The van der Waals surface area contributed by atoms with Gasteiger partial charge < -0.3 is 19.6 Å². The molecule has 0 saturated heterocycles. The molecular formula is C29H26N2O5S. The predicted molar refractivity (Wildman–Crippen MR) is 142 cm³/mol. The van der Waals surface area contributed by atoms with Gasteiger partial charge in [0.05, 0.1) is 23.9 Å². The van der Waals surface area contributed by atoms with Crippen LogP contribution in [-0.4, -0.2) is 23.2 Å². The summed E-state index contributed by atoms with van der Waals surface area (Å²) in [4.78, 5) is 30.1. The van der Waals surface area contributed by atoms with Crippen LogP contribution in [0.2, 0.25) is 0 Å². The number of furan rings is 1. The van der Waals surface area contributed by atoms with Crippen LogP contribution in [0.15, 0.2) is 76.3 Å². The highest BCUT2D eigenvalue weighted by Gasteiger charge is 2.25. The summed E-state index contributed by atoms with van der Waals surface area (Å²) < 4.78 is 11.2. The van der Waals surface area contributed by atoms with Gasteiger partial charge in [0, 0.05) is 11.1 Å². The molecule has 7 nitrogen and oxygen atoms in total. The number of aromatic carboxylic acids is 1. The van der Waals surface area contributed by atoms with Crippen LogP contribution < -0.4 is 10.1 Å². The Labute approximate surface area is 218 Å². The van der Waals surface area contributed by atoms with Crippen molar-refractivity contribution in [2.24, 2.45) is 4.99 Å². The molecule has 1 aliphatic carbocycles. The highest BCUT2D eigenvalue weighted by Crippen LogP contribution is 2.40. The Morgan fingerprint density at radius 2 is 1.84 bits per heavy atom. The standard InChI is InChI=1S/C29H26N2O5S/c32-27(30-17-23-4-3-15-35-23)26-24-5-1-2-6-25(24)37-28(26)31-16-19-9-13-22(14-10-19)36-18-20-7-11-21(12-8-20)29(33)34/h3-4,7-16H,1-2,5-6,17-18H2,(H,30,32)(H,33,34). The minimum atomic E-state index is -0.950. The van der Waals surface area contributed by atoms with Crippen molar-refractivity contribution in [1.82, 2.24) is 5.32 Å². The summed E-state index contributed by atoms with van der Waals surface area (Å²) >= 11 is 1.60. The Morgan fingerprint density at radius 1 is 1.05 bits per heavy atom. The molecule has 4 aromatic rings. The van der Waals surface area contributed by atoms with Crippen molar-refractivity contribution in [2.75, 3.05) is 0 Å². The van der Waals surface area contributed by atoms with Crippen molar-refractivity contribution in [3.8, 4) is 5.75 Å². The van der Waals surface area contributed by atoms with Crippen LogP contribution in [0.5, 0.6) is 5.75 Å². The number of carboxylic acid groups (broad SMARTS) is 1. The molecule has 2 heterocycles. The summed E-state index contributed by atoms with van der Waals surface area (Å²) in [6.45, 7) is 0.676. The fourth-order valence-corrected chi connectivity index (χ4v) is 5.47. The second kappa shape index (κ2) is 11.3. The molecule has 1 aliphatic rings. The predicted octanol–water partition coefficient (Wildman–Crippen LogP) is 6.18. The molecule has 188 valence electrons. The van der Waals surface area contributed by atoms with Crippen LogP contribution in [0.1, 0.15) is 60.9 Å². The fraction of sp³-hybridized carbons (Fsp3) is 0.207. The number of aryl methyl sites for hydroxylation is 1. The summed E-state index contributed by atoms with van der Waals surface area (Å²) in [5, 5.41) is 12.7. The number of nitrogens with zero attached hydrogens (tertiary/aromatic N) is 1. The van der Waals surface area contributed by atoms with Gasteiger partial charge in [-0.15, -0.1) is 11.3 Å². The Hall–Kier alpha value is -4.17. The summed E-state index contributed by atoms with van der Waals surface area (Å²) in [6, 6.07) is 17.8. The first-order chi connectivity index (χ1) is 18.1. The molecule has 0 aliphatic heterocycles. The smallest absolute Gasteiger partial charge is 0.335 e. The molecule has 0 fully saturated rings. The van der Waals surface area contributed by atoms with E-state index in [0.29, 0.717) is 30.2 Å². The Balaban J connectivity index is 1.26. The third-order valence-electron chi connectivity index (χ3n) is 6.20. The normalized spacial score (nSPS) is 12.9. The number of ether oxygens (including phenoxy) is 1. The second-order valence-electron chi connectivity index (χ2n) is 8.77. The largest absolute Gasteiger partial charge is 0.489 e. The maximum Gasteiger partial charge on any atom is 0.335 e. The maximum atomic E-state index is 13.1. The molecule has 0 atom stereocenters. The molecule has 0 bridgehead atoms. The van der Waals surface area contributed by atoms with Crippen LogP contribution in [0, 0.1) is 0 Å². The number of hydrogen-bond donors (Lipinski definition) is 2. The van der Waals surface area contributed by atoms with Gasteiger partial charge in [0.15, 0.2) is 0 Å². The van der Waals surface area contributed by atoms with Crippen LogP contribution in [0.4, 0.5) is 5.00 Å². The Bertz CT molecular complexity index is 1400. The van der Waals surface area contributed by atoms with E-state index in [1.54, 1.807) is 54.1 Å². The molecule has 8 heteroatoms. The van der Waals surface area contributed by atoms with Gasteiger partial charge in [-0.3, -0.25) is 4.79 Å². The molecule has 37 heavy (non-hydrogen) atoms. The number of benzene rings is 2. The summed E-state index contributed by atoms with van der Waals surface area (Å²) in [6.07, 6.45) is 7.47. The lowest BCUT2D eigenvalue weighted by molar-refractivity contribution is 0.0696. The Morgan fingerprint density at radius 3 is 2.57 bits per heavy atom. The van der Waals surface area contributed by atoms with Crippen LogP contribution in [0.3, 0.4) is 0 Å². The fourth-order valence-electron chi connectivity index (χ4n) is 4.24. The van der Waals surface area contributed by atoms with E-state index in [-0.39, 0.29) is 11.5 Å². The minimum Gasteiger partial charge on any atom is -0.489 e. The minimum absolute atomic E-state index is 0.122. The average molecular weight is 515 g/mol. The summed E-state index contributed by atoms with van der Waals surface area (Å²) in [7, 11) is 0. The number of hydrogen-bond acceptors (Lipinski definition) is 6. The van der Waals surface area contributed by atoms with E-state index in [0.717, 1.165) is 47.4 Å². The molecule has 5 rings (SSSR count). The maximum absolute atomic E-state index is 13.1. The number of nitrogens with one attached hydrogen (secondary N) is 1. The second-order valence-corrected chi connectivity index (χ2v) is 9.85. The zero-order valence-electron chi connectivity index (χ0n) is 20.1. The van der Waals surface area contributed by atoms with Crippen LogP contribution >= 0.6 is 11.3 Å². The first-order valence-corrected chi connectivity index (χ1v) is 12.9. The van der Waals surface area contributed by atoms with Crippen molar-refractivity contribution >= 4 is 34.4 Å². The van der Waals surface area contributed by atoms with Gasteiger partial charge in [0.2, 0.25) is 0 Å². The lowest BCUT2D eigenvalue weighted by atomic mass is 9.95. The van der Waals surface area contributed by atoms with Gasteiger partial charge in [-0.2, -0.15) is 0 Å². The first kappa shape index (κ1) is 24.5. The zero-order valence-corrected chi connectivity index (χ0v) is 20.9. The van der Waals surface area contributed by atoms with Crippen LogP contribution in [-0.2, 0) is 26.0 Å². The van der Waals surface area contributed by atoms with Gasteiger partial charge in [0.25, 0.3) is 5.91 Å². The number of rotatable bonds is 9. The van der Waals surface area contributed by atoms with E-state index in [2.05, 4.69) is 5.32 Å². The van der Waals surface area contributed by atoms with Gasteiger partial charge in [-0.1, -0.05) is 12.1 Å². The molecule has 0 unspecified atom stereocenters. The first-order valence-electron chi connectivity index (χ1n) is 12.1. The molecule has 1 amide bonds. The molecule has 2 aromatic carbocycles. The van der Waals surface area contributed by atoms with E-state index < -0.39 is 5.97 Å². The van der Waals surface area contributed by atoms with E-state index >= 15 is 0 Å². The molecule has 0 radical (unpaired) electrons. The van der Waals surface area contributed by atoms with E-state index in [1.807, 2.05) is 30.3 Å². The molecule has 0 spiro atoms. The zero-order chi connectivity index (χ0) is 25.6. The van der Waals surface area contributed by atoms with Crippen molar-refractivity contribution < 1.29 is 23.8 Å². The average Bonchev–Trinajstić information content (AvgIpc) is 3.58. The summed E-state index contributed by atoms with van der Waals surface area (Å²) in [5.41, 5.74) is 3.83. The highest BCUT2D eigenvalue weighted by atomic mass is 32.1. The van der Waals surface area contributed by atoms with Crippen molar-refractivity contribution in [2.45, 2.75) is 38.8 Å². The third kappa shape index (κ3) is 5.98. The lowest BCUT2D eigenvalue weighted by Crippen LogP contribution is -2.23. The number of amides is 1. The molecule has 2 aromatic heterocycles. The van der Waals surface area contributed by atoms with Crippen molar-refractivity contribution in [1.29, 1.82) is 0 Å². The van der Waals surface area contributed by atoms with E-state index in [9.17, 15) is 9.59 Å². The summed E-state index contributed by atoms with van der Waals surface area (Å²) in [5.74, 6) is 0.336. The van der Waals surface area contributed by atoms with E-state index in [4.69, 9.17) is 19.3 Å². The Kier molecular flexibility index (Phi) is 7.46. The number of carboxylic acids is 1. The molecular weight excluding hydrogens is 488 g/mol. The molecule has 2 N–H and O–H groups in total. The third-order valence-corrected chi connectivity index (χ3v) is 7.40. The van der Waals surface area contributed by atoms with Crippen molar-refractivity contribution in [3.63, 3.8) is 0 Å². The lowest BCUT2D eigenvalue weighted by Gasteiger charge is -2.12. The number of thiophene rings is 1. The van der Waals surface area contributed by atoms with Gasteiger partial charge >= 0.3 is 5.97 Å². The van der Waals surface area contributed by atoms with E-state index in [1.165, 1.54) is 4.88 Å². The number of aliphatic imine (C=N–C) groups is 1. The number of fused-ring (bicyclic) bond motifs is 1. The van der Waals surface area contributed by atoms with Gasteiger partial charge in [0.1, 0.15) is 23.1 Å². The highest BCUT2D eigenvalue weighted by molar-refractivity contribution is 7.16. The number of carbonyl (C=O) groups excluding carboxylic acids is 1. The van der Waals surface area contributed by atoms with Crippen molar-refractivity contribution in [3.05, 3.63) is 105 Å².